The van der Waals surface area contributed by atoms with Gasteiger partial charge in [0.05, 0.1) is 44.2 Å². The van der Waals surface area contributed by atoms with Crippen molar-refractivity contribution in [3.63, 3.8) is 0 Å². The lowest BCUT2D eigenvalue weighted by Gasteiger charge is -2.22. The van der Waals surface area contributed by atoms with Crippen molar-refractivity contribution in [3.8, 4) is 11.3 Å². The molecule has 13 heteroatoms. The highest BCUT2D eigenvalue weighted by molar-refractivity contribution is 9.10. The SMILES string of the molecule is Cc1c(Cl)c(Br)cc2c(C(=O)OCC(=O)c3ccc(Cl)c([N+](=O)[O-])c3)cc(-c3ccc(N4C(=O)C5CC=CC(C)C5C4=O)cc3)nc12. The monoisotopic (exact) mass is 735 g/mol. The van der Waals surface area contributed by atoms with Crippen LogP contribution < -0.4 is 4.90 Å². The second-order valence-electron chi connectivity index (χ2n) is 11.4. The largest absolute Gasteiger partial charge is 0.454 e. The lowest BCUT2D eigenvalue weighted by atomic mass is 9.78. The Bertz CT molecular complexity index is 2070. The number of allylic oxidation sites excluding steroid dienone is 2. The van der Waals surface area contributed by atoms with Crippen molar-refractivity contribution in [3.05, 3.63) is 108 Å². The van der Waals surface area contributed by atoms with Gasteiger partial charge in [-0.3, -0.25) is 29.4 Å². The zero-order valence-corrected chi connectivity index (χ0v) is 27.9. The number of rotatable bonds is 7. The molecule has 1 aromatic heterocycles. The molecule has 3 atom stereocenters. The molecule has 3 unspecified atom stereocenters. The van der Waals surface area contributed by atoms with E-state index in [1.165, 1.54) is 23.1 Å². The van der Waals surface area contributed by atoms with Gasteiger partial charge in [0.1, 0.15) is 5.02 Å². The number of hydrogen-bond donors (Lipinski definition) is 0. The highest BCUT2D eigenvalue weighted by atomic mass is 79.9. The number of nitrogens with zero attached hydrogens (tertiary/aromatic N) is 3. The number of ether oxygens (including phenoxy) is 1. The first-order valence-electron chi connectivity index (χ1n) is 14.5. The highest BCUT2D eigenvalue weighted by Gasteiger charge is 2.50. The lowest BCUT2D eigenvalue weighted by molar-refractivity contribution is -0.384. The predicted molar refractivity (Wildman–Crippen MR) is 180 cm³/mol. The zero-order valence-electron chi connectivity index (χ0n) is 24.8. The number of nitro groups is 1. The van der Waals surface area contributed by atoms with E-state index in [-0.39, 0.29) is 39.8 Å². The van der Waals surface area contributed by atoms with Crippen molar-refractivity contribution in [1.29, 1.82) is 0 Å². The second-order valence-corrected chi connectivity index (χ2v) is 13.0. The van der Waals surface area contributed by atoms with Crippen LogP contribution in [-0.2, 0) is 14.3 Å². The number of aromatic nitrogens is 1. The third kappa shape index (κ3) is 5.83. The molecule has 2 amide bonds. The standard InChI is InChI=1S/C34H24BrCl2N3O7/c1-16-4-3-5-21-29(16)33(43)39(32(21)42)20-9-6-18(7-10-20)26-14-23(22-13-24(35)30(37)17(2)31(22)38-26)34(44)47-15-28(41)19-8-11-25(36)27(12-19)40(45)46/h3-4,6-14,16,21,29H,5,15H2,1-2H3. The van der Waals surface area contributed by atoms with Crippen molar-refractivity contribution in [1.82, 2.24) is 4.98 Å². The van der Waals surface area contributed by atoms with E-state index in [9.17, 15) is 29.3 Å². The molecule has 0 radical (unpaired) electrons. The number of esters is 1. The molecule has 1 saturated heterocycles. The van der Waals surface area contributed by atoms with E-state index in [1.807, 2.05) is 19.1 Å². The number of ketones is 1. The van der Waals surface area contributed by atoms with Crippen LogP contribution >= 0.6 is 39.1 Å². The molecule has 1 aliphatic carbocycles. The van der Waals surface area contributed by atoms with E-state index in [1.54, 1.807) is 37.3 Å². The first-order chi connectivity index (χ1) is 22.4. The summed E-state index contributed by atoms with van der Waals surface area (Å²) in [6, 6.07) is 13.5. The van der Waals surface area contributed by atoms with Gasteiger partial charge in [-0.25, -0.2) is 9.78 Å². The van der Waals surface area contributed by atoms with Crippen LogP contribution in [0.5, 0.6) is 0 Å². The molecule has 0 N–H and O–H groups in total. The summed E-state index contributed by atoms with van der Waals surface area (Å²) >= 11 is 15.8. The number of aryl methyl sites for hydroxylation is 1. The minimum atomic E-state index is -0.834. The maximum absolute atomic E-state index is 13.5. The maximum atomic E-state index is 13.5. The zero-order chi connectivity index (χ0) is 33.7. The molecular formula is C34H24BrCl2N3O7. The Morgan fingerprint density at radius 2 is 1.81 bits per heavy atom. The number of Topliss-reactive ketones (excluding diaryl/α,β-unsaturated/α-hetero) is 1. The Hall–Kier alpha value is -4.45. The lowest BCUT2D eigenvalue weighted by Crippen LogP contribution is -2.31. The van der Waals surface area contributed by atoms with Gasteiger partial charge in [-0.1, -0.05) is 54.4 Å². The fourth-order valence-electron chi connectivity index (χ4n) is 6.08. The van der Waals surface area contributed by atoms with Crippen LogP contribution in [0.3, 0.4) is 0 Å². The van der Waals surface area contributed by atoms with E-state index in [0.717, 1.165) is 6.07 Å². The van der Waals surface area contributed by atoms with Crippen LogP contribution in [0.25, 0.3) is 22.2 Å². The number of anilines is 1. The van der Waals surface area contributed by atoms with Crippen molar-refractivity contribution in [2.75, 3.05) is 11.5 Å². The van der Waals surface area contributed by atoms with E-state index < -0.39 is 34.9 Å². The van der Waals surface area contributed by atoms with Gasteiger partial charge >= 0.3 is 5.97 Å². The van der Waals surface area contributed by atoms with Crippen LogP contribution in [0, 0.1) is 34.8 Å². The number of carbonyl (C=O) groups excluding carboxylic acids is 4. The predicted octanol–water partition coefficient (Wildman–Crippen LogP) is 7.93. The van der Waals surface area contributed by atoms with Gasteiger partial charge in [0, 0.05) is 27.1 Å². The molecular weight excluding hydrogens is 713 g/mol. The van der Waals surface area contributed by atoms with Gasteiger partial charge in [0.2, 0.25) is 17.6 Å². The second kappa shape index (κ2) is 12.6. The Balaban J connectivity index is 1.32. The summed E-state index contributed by atoms with van der Waals surface area (Å²) in [5.74, 6) is -2.76. The van der Waals surface area contributed by atoms with Crippen molar-refractivity contribution in [2.24, 2.45) is 17.8 Å². The number of halogens is 3. The molecule has 238 valence electrons. The van der Waals surface area contributed by atoms with E-state index in [0.29, 0.717) is 49.3 Å². The van der Waals surface area contributed by atoms with Gasteiger partial charge in [-0.2, -0.15) is 0 Å². The average Bonchev–Trinajstić information content (AvgIpc) is 3.32. The first kappa shape index (κ1) is 32.5. The number of amides is 2. The Kier molecular flexibility index (Phi) is 8.73. The summed E-state index contributed by atoms with van der Waals surface area (Å²) in [5.41, 5.74) is 2.02. The molecule has 0 bridgehead atoms. The summed E-state index contributed by atoms with van der Waals surface area (Å²) in [6.07, 6.45) is 4.45. The molecule has 2 heterocycles. The van der Waals surface area contributed by atoms with Gasteiger partial charge in [0.25, 0.3) is 5.69 Å². The summed E-state index contributed by atoms with van der Waals surface area (Å²) in [4.78, 5) is 69.4. The Labute approximate surface area is 286 Å². The highest BCUT2D eigenvalue weighted by Crippen LogP contribution is 2.41. The third-order valence-electron chi connectivity index (χ3n) is 8.54. The fourth-order valence-corrected chi connectivity index (χ4v) is 6.94. The number of carbonyl (C=O) groups is 4. The summed E-state index contributed by atoms with van der Waals surface area (Å²) < 4.78 is 5.92. The smallest absolute Gasteiger partial charge is 0.339 e. The Morgan fingerprint density at radius 1 is 1.09 bits per heavy atom. The summed E-state index contributed by atoms with van der Waals surface area (Å²) in [7, 11) is 0. The first-order valence-corrected chi connectivity index (χ1v) is 16.0. The maximum Gasteiger partial charge on any atom is 0.339 e. The van der Waals surface area contributed by atoms with Crippen molar-refractivity contribution < 1.29 is 28.8 Å². The van der Waals surface area contributed by atoms with E-state index in [2.05, 4.69) is 15.9 Å². The van der Waals surface area contributed by atoms with Crippen LogP contribution in [0.2, 0.25) is 10.0 Å². The molecule has 0 spiro atoms. The van der Waals surface area contributed by atoms with Crippen LogP contribution in [0.4, 0.5) is 11.4 Å². The number of nitro benzene ring substituents is 1. The average molecular weight is 737 g/mol. The van der Waals surface area contributed by atoms with Gasteiger partial charge < -0.3 is 4.74 Å². The molecule has 3 aromatic carbocycles. The quantitative estimate of drug-likeness (QED) is 0.0466. The van der Waals surface area contributed by atoms with E-state index >= 15 is 0 Å². The summed E-state index contributed by atoms with van der Waals surface area (Å²) in [6.45, 7) is 3.00. The third-order valence-corrected chi connectivity index (χ3v) is 10.2. The van der Waals surface area contributed by atoms with E-state index in [4.69, 9.17) is 32.9 Å². The van der Waals surface area contributed by atoms with Crippen LogP contribution in [0.15, 0.2) is 71.2 Å². The van der Waals surface area contributed by atoms with Gasteiger partial charge in [0.15, 0.2) is 6.61 Å². The molecule has 0 saturated carbocycles. The normalized spacial score (nSPS) is 18.8. The molecule has 47 heavy (non-hydrogen) atoms. The molecule has 2 aliphatic rings. The number of pyridine rings is 1. The number of imide groups is 1. The Morgan fingerprint density at radius 3 is 2.49 bits per heavy atom. The number of benzene rings is 3. The number of hydrogen-bond acceptors (Lipinski definition) is 8. The van der Waals surface area contributed by atoms with Crippen LogP contribution in [0.1, 0.15) is 39.6 Å². The minimum absolute atomic E-state index is 0.0375. The molecule has 10 nitrogen and oxygen atoms in total. The van der Waals surface area contributed by atoms with Crippen molar-refractivity contribution in [2.45, 2.75) is 20.3 Å². The number of fused-ring (bicyclic) bond motifs is 2. The summed E-state index contributed by atoms with van der Waals surface area (Å²) in [5, 5.41) is 11.9. The van der Waals surface area contributed by atoms with Crippen molar-refractivity contribution >= 4 is 85.0 Å². The van der Waals surface area contributed by atoms with Crippen LogP contribution in [-0.4, -0.2) is 40.1 Å². The molecule has 1 fully saturated rings. The fraction of sp³-hybridized carbons (Fsp3) is 0.206. The molecule has 6 rings (SSSR count). The topological polar surface area (TPSA) is 137 Å². The minimum Gasteiger partial charge on any atom is -0.454 e. The van der Waals surface area contributed by atoms with Gasteiger partial charge in [-0.15, -0.1) is 0 Å². The van der Waals surface area contributed by atoms with Gasteiger partial charge in [-0.05, 0) is 77.2 Å². The molecule has 4 aromatic rings. The molecule has 1 aliphatic heterocycles.